The van der Waals surface area contributed by atoms with Crippen molar-refractivity contribution in [1.82, 2.24) is 15.1 Å². The fraction of sp³-hybridized carbons (Fsp3) is 0.533. The molecule has 0 aliphatic carbocycles. The second-order valence-electron chi connectivity index (χ2n) is 5.55. The molecule has 1 heterocycles. The highest BCUT2D eigenvalue weighted by Crippen LogP contribution is 2.22. The van der Waals surface area contributed by atoms with E-state index in [0.29, 0.717) is 6.54 Å². The Bertz CT molecular complexity index is 554. The molecule has 1 fully saturated rings. The number of methoxy groups -OCH3 is 1. The van der Waals surface area contributed by atoms with Crippen LogP contribution in [0, 0.1) is 11.6 Å². The molecule has 0 saturated carbocycles. The summed E-state index contributed by atoms with van der Waals surface area (Å²) in [7, 11) is 5.24. The van der Waals surface area contributed by atoms with Crippen molar-refractivity contribution >= 4 is 5.91 Å². The minimum absolute atomic E-state index is 0.147. The Morgan fingerprint density at radius 2 is 2.05 bits per heavy atom. The zero-order valence-electron chi connectivity index (χ0n) is 13.0. The van der Waals surface area contributed by atoms with Crippen LogP contribution in [0.3, 0.4) is 0 Å². The van der Waals surface area contributed by atoms with E-state index in [4.69, 9.17) is 0 Å². The summed E-state index contributed by atoms with van der Waals surface area (Å²) in [5.74, 6) is -3.18. The third-order valence-electron chi connectivity index (χ3n) is 3.99. The van der Waals surface area contributed by atoms with Crippen molar-refractivity contribution in [1.29, 1.82) is 0 Å². The van der Waals surface area contributed by atoms with E-state index < -0.39 is 17.5 Å². The predicted octanol–water partition coefficient (Wildman–Crippen LogP) is 0.949. The van der Waals surface area contributed by atoms with E-state index in [9.17, 15) is 13.6 Å². The van der Waals surface area contributed by atoms with E-state index in [-0.39, 0.29) is 17.4 Å². The molecule has 1 aromatic rings. The highest BCUT2D eigenvalue weighted by atomic mass is 19.2. The molecule has 0 radical (unpaired) electrons. The molecule has 0 aromatic heterocycles. The highest BCUT2D eigenvalue weighted by Gasteiger charge is 2.24. The van der Waals surface area contributed by atoms with E-state index in [1.54, 1.807) is 0 Å². The number of nitrogens with zero attached hydrogens (tertiary/aromatic N) is 2. The average molecular weight is 313 g/mol. The van der Waals surface area contributed by atoms with Crippen LogP contribution in [-0.4, -0.2) is 69.1 Å². The van der Waals surface area contributed by atoms with Gasteiger partial charge in [-0.25, -0.2) is 4.39 Å². The summed E-state index contributed by atoms with van der Waals surface area (Å²) in [6.07, 6.45) is 0. The number of hydrogen-bond acceptors (Lipinski definition) is 4. The molecule has 1 N–H and O–H groups in total. The number of amides is 1. The largest absolute Gasteiger partial charge is 0.494 e. The molecule has 1 aromatic carbocycles. The van der Waals surface area contributed by atoms with Crippen LogP contribution in [0.25, 0.3) is 0 Å². The summed E-state index contributed by atoms with van der Waals surface area (Å²) in [5, 5.41) is 2.67. The lowest BCUT2D eigenvalue weighted by molar-refractivity contribution is 0.0876. The topological polar surface area (TPSA) is 44.8 Å². The SMILES string of the molecule is COc1ccc(C(=O)NCC2CN(C)CCN2C)c(F)c1F. The van der Waals surface area contributed by atoms with Crippen molar-refractivity contribution in [2.45, 2.75) is 6.04 Å². The van der Waals surface area contributed by atoms with Gasteiger partial charge in [0.1, 0.15) is 0 Å². The second kappa shape index (κ2) is 7.02. The number of rotatable bonds is 4. The number of halogens is 2. The minimum atomic E-state index is -1.19. The number of benzene rings is 1. The summed E-state index contributed by atoms with van der Waals surface area (Å²) < 4.78 is 32.2. The van der Waals surface area contributed by atoms with E-state index >= 15 is 0 Å². The maximum atomic E-state index is 13.9. The molecule has 122 valence electrons. The van der Waals surface area contributed by atoms with Crippen LogP contribution in [0.2, 0.25) is 0 Å². The van der Waals surface area contributed by atoms with Gasteiger partial charge in [0.2, 0.25) is 5.82 Å². The predicted molar refractivity (Wildman–Crippen MR) is 79.2 cm³/mol. The molecular weight excluding hydrogens is 292 g/mol. The number of piperazine rings is 1. The molecule has 1 atom stereocenters. The summed E-state index contributed by atoms with van der Waals surface area (Å²) in [5.41, 5.74) is -0.315. The minimum Gasteiger partial charge on any atom is -0.494 e. The van der Waals surface area contributed by atoms with Gasteiger partial charge in [-0.15, -0.1) is 0 Å². The molecule has 1 saturated heterocycles. The Hall–Kier alpha value is -1.73. The molecule has 1 amide bonds. The van der Waals surface area contributed by atoms with Gasteiger partial charge in [0.05, 0.1) is 12.7 Å². The molecule has 22 heavy (non-hydrogen) atoms. The van der Waals surface area contributed by atoms with Gasteiger partial charge in [-0.2, -0.15) is 4.39 Å². The smallest absolute Gasteiger partial charge is 0.254 e. The number of hydrogen-bond donors (Lipinski definition) is 1. The Balaban J connectivity index is 2.02. The van der Waals surface area contributed by atoms with E-state index in [2.05, 4.69) is 19.9 Å². The van der Waals surface area contributed by atoms with Crippen molar-refractivity contribution in [2.75, 3.05) is 47.4 Å². The number of carbonyl (C=O) groups is 1. The van der Waals surface area contributed by atoms with Crippen LogP contribution in [-0.2, 0) is 0 Å². The first-order chi connectivity index (χ1) is 10.4. The van der Waals surface area contributed by atoms with Crippen molar-refractivity contribution < 1.29 is 18.3 Å². The monoisotopic (exact) mass is 313 g/mol. The molecule has 5 nitrogen and oxygen atoms in total. The van der Waals surface area contributed by atoms with Crippen LogP contribution in [0.4, 0.5) is 8.78 Å². The van der Waals surface area contributed by atoms with Crippen molar-refractivity contribution in [3.63, 3.8) is 0 Å². The number of nitrogens with one attached hydrogen (secondary N) is 1. The van der Waals surface area contributed by atoms with Gasteiger partial charge in [0, 0.05) is 32.2 Å². The molecule has 2 rings (SSSR count). The number of likely N-dealkylation sites (N-methyl/N-ethyl adjacent to an activating group) is 2. The molecule has 1 aliphatic heterocycles. The fourth-order valence-corrected chi connectivity index (χ4v) is 2.49. The Morgan fingerprint density at radius 3 is 2.73 bits per heavy atom. The van der Waals surface area contributed by atoms with E-state index in [0.717, 1.165) is 19.6 Å². The lowest BCUT2D eigenvalue weighted by Gasteiger charge is -2.37. The number of carbonyl (C=O) groups excluding carboxylic acids is 1. The molecule has 1 aliphatic rings. The van der Waals surface area contributed by atoms with Crippen LogP contribution < -0.4 is 10.1 Å². The first-order valence-electron chi connectivity index (χ1n) is 7.13. The van der Waals surface area contributed by atoms with Crippen LogP contribution in [0.1, 0.15) is 10.4 Å². The summed E-state index contributed by atoms with van der Waals surface area (Å²) in [4.78, 5) is 16.4. The normalized spacial score (nSPS) is 20.0. The van der Waals surface area contributed by atoms with Gasteiger partial charge in [0.25, 0.3) is 5.91 Å². The Kier molecular flexibility index (Phi) is 5.31. The Labute approximate surface area is 128 Å². The van der Waals surface area contributed by atoms with Crippen LogP contribution in [0.15, 0.2) is 12.1 Å². The third kappa shape index (κ3) is 3.53. The molecular formula is C15H21F2N3O2. The average Bonchev–Trinajstić information content (AvgIpc) is 2.50. The van der Waals surface area contributed by atoms with Crippen LogP contribution in [0.5, 0.6) is 5.75 Å². The number of ether oxygens (including phenoxy) is 1. The second-order valence-corrected chi connectivity index (χ2v) is 5.55. The van der Waals surface area contributed by atoms with Gasteiger partial charge in [-0.3, -0.25) is 9.69 Å². The molecule has 0 spiro atoms. The van der Waals surface area contributed by atoms with Crippen molar-refractivity contribution in [2.24, 2.45) is 0 Å². The molecule has 1 unspecified atom stereocenters. The summed E-state index contributed by atoms with van der Waals surface area (Å²) in [6.45, 7) is 3.07. The maximum absolute atomic E-state index is 13.9. The third-order valence-corrected chi connectivity index (χ3v) is 3.99. The van der Waals surface area contributed by atoms with Gasteiger partial charge < -0.3 is 15.0 Å². The van der Waals surface area contributed by atoms with Gasteiger partial charge in [-0.1, -0.05) is 0 Å². The van der Waals surface area contributed by atoms with Crippen LogP contribution >= 0.6 is 0 Å². The first kappa shape index (κ1) is 16.6. The lowest BCUT2D eigenvalue weighted by atomic mass is 10.1. The zero-order chi connectivity index (χ0) is 16.3. The standard InChI is InChI=1S/C15H21F2N3O2/c1-19-6-7-20(2)10(9-19)8-18-15(21)11-4-5-12(22-3)14(17)13(11)16/h4-5,10H,6-9H2,1-3H3,(H,18,21). The summed E-state index contributed by atoms with van der Waals surface area (Å²) >= 11 is 0. The highest BCUT2D eigenvalue weighted by molar-refractivity contribution is 5.94. The van der Waals surface area contributed by atoms with E-state index in [1.807, 2.05) is 14.1 Å². The Morgan fingerprint density at radius 1 is 1.32 bits per heavy atom. The van der Waals surface area contributed by atoms with E-state index in [1.165, 1.54) is 19.2 Å². The van der Waals surface area contributed by atoms with Gasteiger partial charge >= 0.3 is 0 Å². The zero-order valence-corrected chi connectivity index (χ0v) is 13.0. The maximum Gasteiger partial charge on any atom is 0.254 e. The quantitative estimate of drug-likeness (QED) is 0.899. The lowest BCUT2D eigenvalue weighted by Crippen LogP contribution is -2.54. The fourth-order valence-electron chi connectivity index (χ4n) is 2.49. The first-order valence-corrected chi connectivity index (χ1v) is 7.13. The van der Waals surface area contributed by atoms with Crippen molar-refractivity contribution in [3.05, 3.63) is 29.3 Å². The van der Waals surface area contributed by atoms with Gasteiger partial charge in [-0.05, 0) is 26.2 Å². The van der Waals surface area contributed by atoms with Gasteiger partial charge in [0.15, 0.2) is 11.6 Å². The molecule has 0 bridgehead atoms. The summed E-state index contributed by atoms with van der Waals surface area (Å²) in [6, 6.07) is 2.62. The van der Waals surface area contributed by atoms with Crippen molar-refractivity contribution in [3.8, 4) is 5.75 Å². The molecule has 7 heteroatoms.